The molecule has 0 unspecified atom stereocenters. The number of carbonyl (C=O) groups excluding carboxylic acids is 1. The molecule has 0 radical (unpaired) electrons. The number of carboxylic acid groups (broad SMARTS) is 1. The molecule has 9 heteroatoms. The van der Waals surface area contributed by atoms with Gasteiger partial charge < -0.3 is 25.7 Å². The molecule has 4 aliphatic rings. The molecule has 4 fully saturated rings. The molecule has 4 saturated carbocycles. The number of pyridine rings is 1. The van der Waals surface area contributed by atoms with Gasteiger partial charge in [0.15, 0.2) is 0 Å². The highest BCUT2D eigenvalue weighted by Gasteiger charge is 2.50. The van der Waals surface area contributed by atoms with Gasteiger partial charge in [-0.3, -0.25) is 4.79 Å². The third-order valence-corrected chi connectivity index (χ3v) is 7.53. The smallest absolute Gasteiger partial charge is 0.404 e. The number of nitrogens with one attached hydrogen (secondary N) is 2. The lowest BCUT2D eigenvalue weighted by Gasteiger charge is -2.56. The Morgan fingerprint density at radius 1 is 1.13 bits per heavy atom. The molecule has 1 aromatic heterocycles. The van der Waals surface area contributed by atoms with Crippen molar-refractivity contribution >= 4 is 29.4 Å². The van der Waals surface area contributed by atoms with Gasteiger partial charge in [-0.25, -0.2) is 9.78 Å². The Morgan fingerprint density at radius 2 is 1.77 bits per heavy atom. The second-order valence-corrected chi connectivity index (χ2v) is 9.97. The molecule has 0 aromatic carbocycles. The molecule has 5 rings (SSSR count). The van der Waals surface area contributed by atoms with E-state index >= 15 is 0 Å². The molecule has 0 saturated heterocycles. The van der Waals surface area contributed by atoms with Crippen molar-refractivity contribution in [2.45, 2.75) is 38.5 Å². The zero-order valence-corrected chi connectivity index (χ0v) is 18.4. The molecule has 1 aromatic rings. The van der Waals surface area contributed by atoms with Crippen LogP contribution in [-0.4, -0.2) is 60.0 Å². The molecule has 0 aliphatic heterocycles. The van der Waals surface area contributed by atoms with Crippen LogP contribution < -0.4 is 15.5 Å². The molecule has 4 aliphatic carbocycles. The van der Waals surface area contributed by atoms with Gasteiger partial charge in [0.1, 0.15) is 5.82 Å². The topological polar surface area (TPSA) is 115 Å². The summed E-state index contributed by atoms with van der Waals surface area (Å²) in [5, 5.41) is 23.8. The molecule has 31 heavy (non-hydrogen) atoms. The fourth-order valence-electron chi connectivity index (χ4n) is 6.40. The zero-order valence-electron chi connectivity index (χ0n) is 17.6. The Morgan fingerprint density at radius 3 is 2.35 bits per heavy atom. The first kappa shape index (κ1) is 22.1. The van der Waals surface area contributed by atoms with Gasteiger partial charge >= 0.3 is 6.09 Å². The van der Waals surface area contributed by atoms with E-state index in [4.69, 9.17) is 16.7 Å². The van der Waals surface area contributed by atoms with Gasteiger partial charge in [0.2, 0.25) is 0 Å². The first-order valence-corrected chi connectivity index (χ1v) is 11.5. The lowest BCUT2D eigenvalue weighted by Crippen LogP contribution is -2.51. The van der Waals surface area contributed by atoms with Crippen molar-refractivity contribution in [3.05, 3.63) is 22.8 Å². The van der Waals surface area contributed by atoms with Crippen LogP contribution in [0.2, 0.25) is 5.02 Å². The summed E-state index contributed by atoms with van der Waals surface area (Å²) in [6, 6.07) is 1.62. The van der Waals surface area contributed by atoms with Gasteiger partial charge in [-0.05, 0) is 67.8 Å². The highest BCUT2D eigenvalue weighted by atomic mass is 35.5. The highest BCUT2D eigenvalue weighted by molar-refractivity contribution is 6.33. The number of nitrogens with zero attached hydrogens (tertiary/aromatic N) is 2. The highest BCUT2D eigenvalue weighted by Crippen LogP contribution is 2.59. The van der Waals surface area contributed by atoms with E-state index in [-0.39, 0.29) is 36.0 Å². The second-order valence-electron chi connectivity index (χ2n) is 9.57. The Hall–Kier alpha value is -2.06. The van der Waals surface area contributed by atoms with Crippen LogP contribution >= 0.6 is 11.6 Å². The summed E-state index contributed by atoms with van der Waals surface area (Å²) in [4.78, 5) is 29.7. The average molecular weight is 451 g/mol. The number of hydrogen-bond donors (Lipinski definition) is 4. The number of rotatable bonds is 9. The molecular formula is C22H31ClN4O4. The van der Waals surface area contributed by atoms with Crippen molar-refractivity contribution in [3.8, 4) is 0 Å². The molecular weight excluding hydrogens is 420 g/mol. The lowest BCUT2D eigenvalue weighted by atomic mass is 9.49. The fraction of sp³-hybridized carbons (Fsp3) is 0.682. The van der Waals surface area contributed by atoms with E-state index in [9.17, 15) is 14.7 Å². The van der Waals surface area contributed by atoms with Gasteiger partial charge in [0.25, 0.3) is 5.91 Å². The number of anilines is 1. The number of hydrogen-bond acceptors (Lipinski definition) is 5. The molecule has 170 valence electrons. The maximum atomic E-state index is 13.0. The van der Waals surface area contributed by atoms with Crippen LogP contribution in [0.15, 0.2) is 12.3 Å². The molecule has 8 nitrogen and oxygen atoms in total. The molecule has 2 amide bonds. The summed E-state index contributed by atoms with van der Waals surface area (Å²) in [5.74, 6) is 2.74. The predicted octanol–water partition coefficient (Wildman–Crippen LogP) is 2.75. The van der Waals surface area contributed by atoms with Crippen LogP contribution in [0.4, 0.5) is 10.6 Å². The lowest BCUT2D eigenvalue weighted by molar-refractivity contribution is -0.0503. The molecule has 4 bridgehead atoms. The van der Waals surface area contributed by atoms with E-state index in [0.29, 0.717) is 24.5 Å². The number of halogens is 1. The van der Waals surface area contributed by atoms with Gasteiger partial charge in [-0.1, -0.05) is 11.6 Å². The molecule has 0 atom stereocenters. The Balaban J connectivity index is 1.42. The third-order valence-electron chi connectivity index (χ3n) is 7.23. The molecule has 4 N–H and O–H groups in total. The van der Waals surface area contributed by atoms with Crippen LogP contribution in [-0.2, 0) is 0 Å². The van der Waals surface area contributed by atoms with E-state index < -0.39 is 6.09 Å². The van der Waals surface area contributed by atoms with E-state index in [1.54, 1.807) is 11.0 Å². The summed E-state index contributed by atoms with van der Waals surface area (Å²) in [5.41, 5.74) is 0.587. The van der Waals surface area contributed by atoms with Crippen LogP contribution in [0, 0.1) is 23.2 Å². The predicted molar refractivity (Wildman–Crippen MR) is 118 cm³/mol. The summed E-state index contributed by atoms with van der Waals surface area (Å²) in [7, 11) is 0. The van der Waals surface area contributed by atoms with Crippen LogP contribution in [0.3, 0.4) is 0 Å². The maximum absolute atomic E-state index is 13.0. The second kappa shape index (κ2) is 9.20. The first-order valence-electron chi connectivity index (χ1n) is 11.1. The van der Waals surface area contributed by atoms with E-state index in [2.05, 4.69) is 15.6 Å². The Kier molecular flexibility index (Phi) is 6.57. The van der Waals surface area contributed by atoms with Gasteiger partial charge in [-0.15, -0.1) is 0 Å². The number of aliphatic hydroxyl groups excluding tert-OH is 1. The summed E-state index contributed by atoms with van der Waals surface area (Å²) < 4.78 is 0. The van der Waals surface area contributed by atoms with E-state index in [0.717, 1.165) is 17.8 Å². The normalized spacial score (nSPS) is 28.4. The maximum Gasteiger partial charge on any atom is 0.404 e. The van der Waals surface area contributed by atoms with Gasteiger partial charge in [-0.2, -0.15) is 0 Å². The van der Waals surface area contributed by atoms with Crippen molar-refractivity contribution in [1.82, 2.24) is 15.6 Å². The SMILES string of the molecule is O=C(O)NCCN(CCO)c1cc(C(=O)NCC23CC4CC(CC(C4)C2)C3)c(Cl)cn1. The summed E-state index contributed by atoms with van der Waals surface area (Å²) >= 11 is 6.29. The minimum absolute atomic E-state index is 0.120. The van der Waals surface area contributed by atoms with Crippen LogP contribution in [0.25, 0.3) is 0 Å². The fourth-order valence-corrected chi connectivity index (χ4v) is 6.59. The average Bonchev–Trinajstić information content (AvgIpc) is 2.71. The Bertz CT molecular complexity index is 798. The monoisotopic (exact) mass is 450 g/mol. The van der Waals surface area contributed by atoms with Gasteiger partial charge in [0.05, 0.1) is 17.2 Å². The van der Waals surface area contributed by atoms with Crippen molar-refractivity contribution in [2.75, 3.05) is 37.7 Å². The largest absolute Gasteiger partial charge is 0.465 e. The minimum atomic E-state index is -1.11. The quantitative estimate of drug-likeness (QED) is 0.460. The number of amides is 2. The van der Waals surface area contributed by atoms with Gasteiger partial charge in [0, 0.05) is 32.4 Å². The van der Waals surface area contributed by atoms with Crippen molar-refractivity contribution in [2.24, 2.45) is 23.2 Å². The minimum Gasteiger partial charge on any atom is -0.465 e. The first-order chi connectivity index (χ1) is 14.9. The zero-order chi connectivity index (χ0) is 22.0. The third kappa shape index (κ3) is 5.06. The number of aliphatic hydroxyl groups is 1. The van der Waals surface area contributed by atoms with E-state index in [1.165, 1.54) is 44.7 Å². The Labute approximate surface area is 187 Å². The van der Waals surface area contributed by atoms with Crippen LogP contribution in [0.5, 0.6) is 0 Å². The van der Waals surface area contributed by atoms with Crippen LogP contribution in [0.1, 0.15) is 48.9 Å². The molecule has 0 spiro atoms. The van der Waals surface area contributed by atoms with Crippen molar-refractivity contribution < 1.29 is 19.8 Å². The summed E-state index contributed by atoms with van der Waals surface area (Å²) in [6.45, 7) is 1.32. The van der Waals surface area contributed by atoms with Crippen molar-refractivity contribution in [1.29, 1.82) is 0 Å². The van der Waals surface area contributed by atoms with E-state index in [1.807, 2.05) is 0 Å². The van der Waals surface area contributed by atoms with Crippen molar-refractivity contribution in [3.63, 3.8) is 0 Å². The standard InChI is InChI=1S/C22H31ClN4O4/c23-18-12-25-19(27(3-4-28)2-1-24-21(30)31)8-17(18)20(29)26-13-22-9-14-5-15(10-22)7-16(6-14)11-22/h8,12,14-16,24,28H,1-7,9-11,13H2,(H,26,29)(H,30,31). The summed E-state index contributed by atoms with van der Waals surface area (Å²) in [6.07, 6.45) is 8.07. The number of carbonyl (C=O) groups is 2. The molecule has 1 heterocycles. The number of aromatic nitrogens is 1.